The zero-order valence-corrected chi connectivity index (χ0v) is 33.9. The van der Waals surface area contributed by atoms with E-state index in [2.05, 4.69) is 138 Å². The Kier molecular flexibility index (Phi) is 12.7. The van der Waals surface area contributed by atoms with Crippen LogP contribution in [0.15, 0.2) is 66.7 Å². The summed E-state index contributed by atoms with van der Waals surface area (Å²) in [4.78, 5) is 3.82. The van der Waals surface area contributed by atoms with Crippen LogP contribution in [0, 0.1) is 7.14 Å². The van der Waals surface area contributed by atoms with Crippen LogP contribution in [-0.2, 0) is 11.8 Å². The molecule has 0 saturated heterocycles. The fourth-order valence-electron chi connectivity index (χ4n) is 8.68. The largest absolute Gasteiger partial charge is 0.354 e. The molecule has 6 rings (SSSR count). The molecule has 3 heteroatoms. The van der Waals surface area contributed by atoms with Gasteiger partial charge in [-0.05, 0) is 146 Å². The number of hydrogen-bond acceptors (Lipinski definition) is 0. The van der Waals surface area contributed by atoms with Crippen molar-refractivity contribution in [3.8, 4) is 22.3 Å². The molecule has 1 N–H and O–H groups in total. The number of nitrogens with one attached hydrogen (secondary N) is 1. The van der Waals surface area contributed by atoms with E-state index in [1.54, 1.807) is 11.1 Å². The van der Waals surface area contributed by atoms with Gasteiger partial charge in [-0.1, -0.05) is 135 Å². The van der Waals surface area contributed by atoms with E-state index in [9.17, 15) is 0 Å². The van der Waals surface area contributed by atoms with Crippen molar-refractivity contribution in [1.29, 1.82) is 0 Å². The van der Waals surface area contributed by atoms with E-state index in [1.165, 1.54) is 159 Å². The molecular formula is C45H55I2N. The summed E-state index contributed by atoms with van der Waals surface area (Å²) in [5.41, 5.74) is 13.3. The van der Waals surface area contributed by atoms with Crippen molar-refractivity contribution in [3.05, 3.63) is 90.6 Å². The van der Waals surface area contributed by atoms with Crippen molar-refractivity contribution >= 4 is 67.0 Å². The number of hydrogen-bond donors (Lipinski definition) is 1. The first-order valence-corrected chi connectivity index (χ1v) is 21.3. The summed E-state index contributed by atoms with van der Waals surface area (Å²) in [5, 5.41) is 2.76. The Balaban J connectivity index is 1.55. The smallest absolute Gasteiger partial charge is 0.0471 e. The maximum atomic E-state index is 3.82. The van der Waals surface area contributed by atoms with Gasteiger partial charge in [0.1, 0.15) is 0 Å². The summed E-state index contributed by atoms with van der Waals surface area (Å²) in [5.74, 6) is 0. The van der Waals surface area contributed by atoms with E-state index < -0.39 is 0 Å². The Morgan fingerprint density at radius 3 is 1.90 bits per heavy atom. The lowest BCUT2D eigenvalue weighted by Gasteiger charge is -2.35. The maximum Gasteiger partial charge on any atom is 0.0471 e. The number of aromatic amines is 1. The molecular weight excluding hydrogens is 808 g/mol. The van der Waals surface area contributed by atoms with E-state index >= 15 is 0 Å². The molecule has 48 heavy (non-hydrogen) atoms. The second kappa shape index (κ2) is 16.9. The van der Waals surface area contributed by atoms with Crippen LogP contribution in [-0.4, -0.2) is 4.98 Å². The number of rotatable bonds is 18. The summed E-state index contributed by atoms with van der Waals surface area (Å²) >= 11 is 5.11. The van der Waals surface area contributed by atoms with Gasteiger partial charge in [0.25, 0.3) is 0 Å². The van der Waals surface area contributed by atoms with Crippen LogP contribution in [0.5, 0.6) is 0 Å². The third kappa shape index (κ3) is 7.43. The molecule has 0 fully saturated rings. The van der Waals surface area contributed by atoms with Crippen LogP contribution >= 0.6 is 45.2 Å². The van der Waals surface area contributed by atoms with Gasteiger partial charge in [-0.25, -0.2) is 0 Å². The van der Waals surface area contributed by atoms with Crippen LogP contribution in [0.1, 0.15) is 140 Å². The summed E-state index contributed by atoms with van der Waals surface area (Å²) < 4.78 is 2.70. The average molecular weight is 864 g/mol. The van der Waals surface area contributed by atoms with E-state index in [4.69, 9.17) is 0 Å². The van der Waals surface area contributed by atoms with E-state index in [0.717, 1.165) is 6.42 Å². The Morgan fingerprint density at radius 2 is 1.19 bits per heavy atom. The number of H-pyrrole nitrogens is 1. The minimum absolute atomic E-state index is 0.0252. The Labute approximate surface area is 317 Å². The zero-order chi connectivity index (χ0) is 33.5. The number of halogens is 2. The molecule has 0 amide bonds. The SMILES string of the molecule is CCCCCCCCC1(CCCCCCCC)c2cc3c(cc2-c2cccc(-c4c(I)cccc4CCCC)c21)[nH]c1ccc(I)cc13. The molecule has 1 aromatic heterocycles. The molecule has 5 aromatic rings. The molecule has 1 heterocycles. The third-order valence-corrected chi connectivity index (χ3v) is 12.7. The van der Waals surface area contributed by atoms with Gasteiger partial charge in [0.15, 0.2) is 0 Å². The molecule has 0 bridgehead atoms. The molecule has 0 radical (unpaired) electrons. The van der Waals surface area contributed by atoms with Gasteiger partial charge in [0.05, 0.1) is 0 Å². The third-order valence-electron chi connectivity index (χ3n) is 11.1. The molecule has 1 aliphatic carbocycles. The monoisotopic (exact) mass is 863 g/mol. The van der Waals surface area contributed by atoms with E-state index in [-0.39, 0.29) is 5.41 Å². The second-order valence-corrected chi connectivity index (χ2v) is 16.9. The Hall–Kier alpha value is -1.86. The summed E-state index contributed by atoms with van der Waals surface area (Å²) in [6.07, 6.45) is 22.2. The van der Waals surface area contributed by atoms with E-state index in [0.29, 0.717) is 0 Å². The molecule has 4 aromatic carbocycles. The summed E-state index contributed by atoms with van der Waals surface area (Å²) in [6.45, 7) is 6.98. The maximum absolute atomic E-state index is 3.82. The van der Waals surface area contributed by atoms with Gasteiger partial charge in [-0.2, -0.15) is 0 Å². The topological polar surface area (TPSA) is 15.8 Å². The number of unbranched alkanes of at least 4 members (excludes halogenated alkanes) is 11. The van der Waals surface area contributed by atoms with E-state index in [1.807, 2.05) is 0 Å². The number of aryl methyl sites for hydroxylation is 1. The molecule has 0 saturated carbocycles. The van der Waals surface area contributed by atoms with Crippen molar-refractivity contribution in [2.75, 3.05) is 0 Å². The lowest BCUT2D eigenvalue weighted by atomic mass is 9.68. The molecule has 0 atom stereocenters. The quantitative estimate of drug-likeness (QED) is 0.0667. The second-order valence-electron chi connectivity index (χ2n) is 14.5. The molecule has 0 aliphatic heterocycles. The summed E-state index contributed by atoms with van der Waals surface area (Å²) in [6, 6.07) is 26.4. The van der Waals surface area contributed by atoms with Crippen LogP contribution in [0.3, 0.4) is 0 Å². The van der Waals surface area contributed by atoms with Crippen LogP contribution in [0.4, 0.5) is 0 Å². The number of benzene rings is 4. The highest BCUT2D eigenvalue weighted by Crippen LogP contribution is 2.58. The predicted octanol–water partition coefficient (Wildman–Crippen LogP) is 15.3. The average Bonchev–Trinajstić information content (AvgIpc) is 3.58. The highest BCUT2D eigenvalue weighted by Gasteiger charge is 2.44. The standard InChI is InChI=1S/C45H55I2N/c1-4-7-10-12-14-16-27-45(28-17-15-13-11-8-5-2)39-30-38-37-29-33(46)25-26-41(37)48-42(38)31-36(39)34-22-19-23-35(44(34)45)43-32(20-9-6-3)21-18-24-40(43)47/h18-19,21-26,29-31,48H,4-17,20,27-28H2,1-3H3. The van der Waals surface area contributed by atoms with Crippen LogP contribution in [0.25, 0.3) is 44.1 Å². The van der Waals surface area contributed by atoms with Gasteiger partial charge in [0.2, 0.25) is 0 Å². The van der Waals surface area contributed by atoms with Crippen molar-refractivity contribution in [2.45, 2.75) is 135 Å². The summed E-state index contributed by atoms with van der Waals surface area (Å²) in [7, 11) is 0. The minimum Gasteiger partial charge on any atom is -0.354 e. The Bertz CT molecular complexity index is 1810. The van der Waals surface area contributed by atoms with Gasteiger partial charge in [-0.3, -0.25) is 0 Å². The van der Waals surface area contributed by atoms with Gasteiger partial charge in [-0.15, -0.1) is 0 Å². The number of aromatic nitrogens is 1. The fourth-order valence-corrected chi connectivity index (χ4v) is 10.0. The van der Waals surface area contributed by atoms with Gasteiger partial charge in [0, 0.05) is 34.4 Å². The highest BCUT2D eigenvalue weighted by molar-refractivity contribution is 14.1. The first-order valence-electron chi connectivity index (χ1n) is 19.2. The normalized spacial score (nSPS) is 13.4. The molecule has 1 nitrogen and oxygen atoms in total. The Morgan fingerprint density at radius 1 is 0.562 bits per heavy atom. The predicted molar refractivity (Wildman–Crippen MR) is 227 cm³/mol. The lowest BCUT2D eigenvalue weighted by Crippen LogP contribution is -2.26. The minimum atomic E-state index is 0.0252. The molecule has 0 unspecified atom stereocenters. The molecule has 254 valence electrons. The molecule has 0 spiro atoms. The first kappa shape index (κ1) is 35.9. The van der Waals surface area contributed by atoms with Crippen LogP contribution < -0.4 is 0 Å². The fraction of sp³-hybridized carbons (Fsp3) is 0.467. The van der Waals surface area contributed by atoms with Gasteiger partial charge < -0.3 is 4.98 Å². The highest BCUT2D eigenvalue weighted by atomic mass is 127. The first-order chi connectivity index (χ1) is 23.5. The van der Waals surface area contributed by atoms with Crippen molar-refractivity contribution in [1.82, 2.24) is 4.98 Å². The van der Waals surface area contributed by atoms with Crippen molar-refractivity contribution in [2.24, 2.45) is 0 Å². The molecule has 1 aliphatic rings. The lowest BCUT2D eigenvalue weighted by molar-refractivity contribution is 0.399. The van der Waals surface area contributed by atoms with Crippen molar-refractivity contribution < 1.29 is 0 Å². The van der Waals surface area contributed by atoms with Crippen molar-refractivity contribution in [3.63, 3.8) is 0 Å². The van der Waals surface area contributed by atoms with Crippen LogP contribution in [0.2, 0.25) is 0 Å². The van der Waals surface area contributed by atoms with Gasteiger partial charge >= 0.3 is 0 Å². The zero-order valence-electron chi connectivity index (χ0n) is 29.6. The number of fused-ring (bicyclic) bond motifs is 6.